The number of rotatable bonds is 8. The number of nitrogens with one attached hydrogen (secondary N) is 2. The van der Waals surface area contributed by atoms with Gasteiger partial charge < -0.3 is 15.2 Å². The fourth-order valence-electron chi connectivity index (χ4n) is 2.88. The highest BCUT2D eigenvalue weighted by Gasteiger charge is 2.23. The van der Waals surface area contributed by atoms with Gasteiger partial charge in [-0.1, -0.05) is 30.0 Å². The van der Waals surface area contributed by atoms with Gasteiger partial charge >= 0.3 is 0 Å². The first-order valence-corrected chi connectivity index (χ1v) is 11.7. The van der Waals surface area contributed by atoms with Crippen LogP contribution in [0.25, 0.3) is 0 Å². The molecule has 0 aliphatic carbocycles. The minimum absolute atomic E-state index is 0.142. The molecule has 10 heteroatoms. The van der Waals surface area contributed by atoms with Gasteiger partial charge in [-0.05, 0) is 46.8 Å². The molecular formula is C21H26N6O2S2. The van der Waals surface area contributed by atoms with Crippen LogP contribution in [-0.2, 0) is 11.3 Å². The van der Waals surface area contributed by atoms with Crippen LogP contribution in [0.2, 0.25) is 0 Å². The van der Waals surface area contributed by atoms with E-state index in [9.17, 15) is 9.59 Å². The minimum atomic E-state index is -0.388. The molecule has 2 amide bonds. The predicted molar refractivity (Wildman–Crippen MR) is 124 cm³/mol. The average Bonchev–Trinajstić information content (AvgIpc) is 3.30. The molecule has 2 N–H and O–H groups in total. The third-order valence-corrected chi connectivity index (χ3v) is 6.81. The lowest BCUT2D eigenvalue weighted by Gasteiger charge is -2.16. The normalized spacial score (nSPS) is 12.9. The molecule has 0 aliphatic heterocycles. The van der Waals surface area contributed by atoms with E-state index in [-0.39, 0.29) is 23.1 Å². The fourth-order valence-corrected chi connectivity index (χ4v) is 4.62. The molecule has 164 valence electrons. The smallest absolute Gasteiger partial charge is 0.251 e. The Morgan fingerprint density at radius 1 is 1.16 bits per heavy atom. The van der Waals surface area contributed by atoms with Crippen molar-refractivity contribution in [3.8, 4) is 0 Å². The SMILES string of the molecule is CCn1c(SC(C)C(=O)Nc2nc(C)c(C)s2)nnc1C(C)NC(=O)c1ccccc1. The van der Waals surface area contributed by atoms with Crippen molar-refractivity contribution in [3.05, 3.63) is 52.3 Å². The zero-order chi connectivity index (χ0) is 22.5. The number of carbonyl (C=O) groups excluding carboxylic acids is 2. The molecule has 2 unspecified atom stereocenters. The zero-order valence-electron chi connectivity index (χ0n) is 18.2. The minimum Gasteiger partial charge on any atom is -0.342 e. The molecule has 0 fully saturated rings. The lowest BCUT2D eigenvalue weighted by atomic mass is 10.2. The van der Waals surface area contributed by atoms with Crippen LogP contribution in [0.15, 0.2) is 35.5 Å². The fraction of sp³-hybridized carbons (Fsp3) is 0.381. The van der Waals surface area contributed by atoms with Gasteiger partial charge in [0.05, 0.1) is 17.0 Å². The number of aromatic nitrogens is 4. The van der Waals surface area contributed by atoms with E-state index < -0.39 is 0 Å². The van der Waals surface area contributed by atoms with E-state index in [4.69, 9.17) is 0 Å². The van der Waals surface area contributed by atoms with E-state index in [1.807, 2.05) is 57.4 Å². The number of hydrogen-bond donors (Lipinski definition) is 2. The summed E-state index contributed by atoms with van der Waals surface area (Å²) in [5.74, 6) is 0.333. The summed E-state index contributed by atoms with van der Waals surface area (Å²) in [6.07, 6.45) is 0. The molecule has 1 aromatic carbocycles. The monoisotopic (exact) mass is 458 g/mol. The first-order chi connectivity index (χ1) is 14.8. The van der Waals surface area contributed by atoms with Gasteiger partial charge in [-0.15, -0.1) is 21.5 Å². The number of benzene rings is 1. The molecule has 0 aliphatic rings. The Hall–Kier alpha value is -2.72. The van der Waals surface area contributed by atoms with Gasteiger partial charge in [-0.2, -0.15) is 0 Å². The maximum Gasteiger partial charge on any atom is 0.251 e. The molecule has 0 saturated heterocycles. The van der Waals surface area contributed by atoms with Gasteiger partial charge in [0, 0.05) is 17.0 Å². The number of anilines is 1. The maximum atomic E-state index is 12.6. The second-order valence-electron chi connectivity index (χ2n) is 7.06. The summed E-state index contributed by atoms with van der Waals surface area (Å²) < 4.78 is 1.92. The van der Waals surface area contributed by atoms with E-state index in [0.717, 1.165) is 10.6 Å². The number of amides is 2. The van der Waals surface area contributed by atoms with Crippen molar-refractivity contribution in [1.82, 2.24) is 25.1 Å². The number of thioether (sulfide) groups is 1. The lowest BCUT2D eigenvalue weighted by Crippen LogP contribution is -2.28. The van der Waals surface area contributed by atoms with Crippen LogP contribution in [0, 0.1) is 13.8 Å². The van der Waals surface area contributed by atoms with Gasteiger partial charge in [0.15, 0.2) is 16.1 Å². The summed E-state index contributed by atoms with van der Waals surface area (Å²) in [6.45, 7) is 10.2. The second-order valence-corrected chi connectivity index (χ2v) is 9.57. The molecule has 2 heterocycles. The lowest BCUT2D eigenvalue weighted by molar-refractivity contribution is -0.115. The van der Waals surface area contributed by atoms with Crippen LogP contribution in [0.5, 0.6) is 0 Å². The molecule has 31 heavy (non-hydrogen) atoms. The highest BCUT2D eigenvalue weighted by Crippen LogP contribution is 2.27. The number of hydrogen-bond acceptors (Lipinski definition) is 7. The molecule has 0 radical (unpaired) electrons. The quantitative estimate of drug-likeness (QED) is 0.495. The summed E-state index contributed by atoms with van der Waals surface area (Å²) in [6, 6.07) is 8.71. The van der Waals surface area contributed by atoms with Crippen molar-refractivity contribution in [1.29, 1.82) is 0 Å². The molecule has 8 nitrogen and oxygen atoms in total. The van der Waals surface area contributed by atoms with Crippen LogP contribution < -0.4 is 10.6 Å². The first kappa shape index (κ1) is 23.0. The molecule has 3 rings (SSSR count). The molecule has 2 atom stereocenters. The summed E-state index contributed by atoms with van der Waals surface area (Å²) in [7, 11) is 0. The Balaban J connectivity index is 1.67. The summed E-state index contributed by atoms with van der Waals surface area (Å²) in [5.41, 5.74) is 1.51. The van der Waals surface area contributed by atoms with Gasteiger partial charge in [-0.25, -0.2) is 4.98 Å². The van der Waals surface area contributed by atoms with Crippen molar-refractivity contribution in [2.24, 2.45) is 0 Å². The van der Waals surface area contributed by atoms with E-state index in [1.165, 1.54) is 23.1 Å². The molecular weight excluding hydrogens is 432 g/mol. The first-order valence-electron chi connectivity index (χ1n) is 10.0. The van der Waals surface area contributed by atoms with Crippen LogP contribution in [-0.4, -0.2) is 36.8 Å². The predicted octanol–water partition coefficient (Wildman–Crippen LogP) is 3.98. The third-order valence-electron chi connectivity index (χ3n) is 4.74. The Morgan fingerprint density at radius 2 is 1.87 bits per heavy atom. The van der Waals surface area contributed by atoms with E-state index in [0.29, 0.717) is 28.2 Å². The Labute approximate surface area is 189 Å². The van der Waals surface area contributed by atoms with Crippen molar-refractivity contribution in [2.75, 3.05) is 5.32 Å². The average molecular weight is 459 g/mol. The maximum absolute atomic E-state index is 12.6. The van der Waals surface area contributed by atoms with Gasteiger partial charge in [0.25, 0.3) is 5.91 Å². The van der Waals surface area contributed by atoms with Crippen molar-refractivity contribution >= 4 is 40.0 Å². The van der Waals surface area contributed by atoms with Crippen molar-refractivity contribution < 1.29 is 9.59 Å². The van der Waals surface area contributed by atoms with Gasteiger partial charge in [0.2, 0.25) is 5.91 Å². The Kier molecular flexibility index (Phi) is 7.45. The standard InChI is InChI=1S/C21H26N6O2S2/c1-6-27-17(13(3)22-19(29)16-10-8-7-9-11-16)25-26-21(27)31-15(5)18(28)24-20-23-12(2)14(4)30-20/h7-11,13,15H,6H2,1-5H3,(H,22,29)(H,23,24,28). The third kappa shape index (κ3) is 5.50. The van der Waals surface area contributed by atoms with Crippen LogP contribution >= 0.6 is 23.1 Å². The summed E-state index contributed by atoms with van der Waals surface area (Å²) >= 11 is 2.79. The second kappa shape index (κ2) is 10.1. The van der Waals surface area contributed by atoms with Crippen LogP contribution in [0.1, 0.15) is 53.6 Å². The largest absolute Gasteiger partial charge is 0.342 e. The zero-order valence-corrected chi connectivity index (χ0v) is 19.8. The van der Waals surface area contributed by atoms with Crippen molar-refractivity contribution in [3.63, 3.8) is 0 Å². The highest BCUT2D eigenvalue weighted by molar-refractivity contribution is 8.00. The molecule has 0 spiro atoms. The van der Waals surface area contributed by atoms with Gasteiger partial charge in [-0.3, -0.25) is 9.59 Å². The summed E-state index contributed by atoms with van der Waals surface area (Å²) in [4.78, 5) is 30.5. The molecule has 0 bridgehead atoms. The number of nitrogens with zero attached hydrogens (tertiary/aromatic N) is 4. The topological polar surface area (TPSA) is 102 Å². The van der Waals surface area contributed by atoms with E-state index >= 15 is 0 Å². The van der Waals surface area contributed by atoms with E-state index in [2.05, 4.69) is 25.8 Å². The van der Waals surface area contributed by atoms with Crippen molar-refractivity contribution in [2.45, 2.75) is 57.6 Å². The number of aryl methyl sites for hydroxylation is 2. The Bertz CT molecular complexity index is 1040. The highest BCUT2D eigenvalue weighted by atomic mass is 32.2. The van der Waals surface area contributed by atoms with Crippen LogP contribution in [0.3, 0.4) is 0 Å². The molecule has 2 aromatic heterocycles. The number of carbonyl (C=O) groups is 2. The van der Waals surface area contributed by atoms with Crippen LogP contribution in [0.4, 0.5) is 5.13 Å². The number of thiazole rings is 1. The molecule has 0 saturated carbocycles. The molecule has 3 aromatic rings. The van der Waals surface area contributed by atoms with Gasteiger partial charge in [0.1, 0.15) is 0 Å². The van der Waals surface area contributed by atoms with E-state index in [1.54, 1.807) is 12.1 Å². The Morgan fingerprint density at radius 3 is 2.48 bits per heavy atom. The summed E-state index contributed by atoms with van der Waals surface area (Å²) in [5, 5.41) is 15.2.